The number of hydrogen-bond donors (Lipinski definition) is 0. The van der Waals surface area contributed by atoms with E-state index in [1.807, 2.05) is 0 Å². The van der Waals surface area contributed by atoms with Crippen LogP contribution in [-0.2, 0) is 17.4 Å². The third kappa shape index (κ3) is 5.56. The minimum absolute atomic E-state index is 0. The first-order chi connectivity index (χ1) is 19.8. The van der Waals surface area contributed by atoms with Gasteiger partial charge in [-0.2, -0.15) is 0 Å². The molecule has 2 unspecified atom stereocenters. The molecule has 3 aliphatic rings. The van der Waals surface area contributed by atoms with E-state index in [9.17, 15) is 0 Å². The summed E-state index contributed by atoms with van der Waals surface area (Å²) in [5, 5.41) is 0. The average Bonchev–Trinajstić information content (AvgIpc) is 3.57. The van der Waals surface area contributed by atoms with E-state index >= 15 is 0 Å². The van der Waals surface area contributed by atoms with Gasteiger partial charge in [0, 0.05) is 0 Å². The normalized spacial score (nSPS) is 19.8. The second-order valence-electron chi connectivity index (χ2n) is 14.0. The number of benzene rings is 4. The molecule has 222 valence electrons. The van der Waals surface area contributed by atoms with E-state index in [1.54, 1.807) is 22.3 Å². The molecule has 0 bridgehead atoms. The van der Waals surface area contributed by atoms with Crippen LogP contribution in [0.15, 0.2) is 108 Å². The summed E-state index contributed by atoms with van der Waals surface area (Å²) in [5.41, 5.74) is 15.0. The van der Waals surface area contributed by atoms with Crippen molar-refractivity contribution in [1.29, 1.82) is 0 Å². The Hall–Kier alpha value is -1.96. The van der Waals surface area contributed by atoms with Crippen molar-refractivity contribution in [3.05, 3.63) is 130 Å². The molecule has 0 radical (unpaired) electrons. The maximum Gasteiger partial charge on any atom is -0.147 e. The minimum atomic E-state index is -3.62. The fourth-order valence-electron chi connectivity index (χ4n) is 8.99. The Morgan fingerprint density at radius 1 is 0.581 bits per heavy atom. The summed E-state index contributed by atoms with van der Waals surface area (Å²) in [6.07, 6.45) is 12.1. The molecule has 0 saturated heterocycles. The summed E-state index contributed by atoms with van der Waals surface area (Å²) < 4.78 is 6.74. The summed E-state index contributed by atoms with van der Waals surface area (Å²) in [6.45, 7) is 4.93. The number of fused-ring (bicyclic) bond motifs is 2. The zero-order valence-corrected chi connectivity index (χ0v) is 31.2. The second-order valence-corrected chi connectivity index (χ2v) is 44.5. The number of allylic oxidation sites excluding steroid dienone is 2. The largest absolute Gasteiger partial charge is 0.147 e. The quantitative estimate of drug-likeness (QED) is 0.182. The summed E-state index contributed by atoms with van der Waals surface area (Å²) in [5.74, 6) is 0.725. The van der Waals surface area contributed by atoms with Crippen LogP contribution in [0.25, 0.3) is 34.4 Å². The standard InChI is InChI=1S/C21H21.C16H13.2CH3.2ClH.H2Si.Zr/c1-3-8-16(9-4-1)19-14-18-12-7-13-20(21(18)15-19)17-10-5-2-6-11-17;1-12-10-14-8-5-9-15(16(14)11-12)13-6-3-2-4-7-13;;;;;;/h2,5-7,10-16H,1,3-4,8-9H2;2-11H,1H3;2*1H3;2*1H;1H2;. The van der Waals surface area contributed by atoms with Crippen LogP contribution in [-0.4, -0.2) is 6.88 Å². The van der Waals surface area contributed by atoms with Crippen molar-refractivity contribution in [2.75, 3.05) is 0 Å². The van der Waals surface area contributed by atoms with Crippen molar-refractivity contribution < 1.29 is 17.4 Å². The number of hydrogen-bond acceptors (Lipinski definition) is 0. The molecule has 4 heteroatoms. The van der Waals surface area contributed by atoms with Crippen molar-refractivity contribution in [2.45, 2.75) is 55.5 Å². The molecule has 0 N–H and O–H groups in total. The van der Waals surface area contributed by atoms with E-state index in [4.69, 9.17) is 0 Å². The molecule has 0 aliphatic heterocycles. The molecule has 2 atom stereocenters. The second kappa shape index (κ2) is 12.4. The minimum Gasteiger partial charge on any atom is -0.147 e. The van der Waals surface area contributed by atoms with Crippen LogP contribution in [0.3, 0.4) is 0 Å². The van der Waals surface area contributed by atoms with Crippen molar-refractivity contribution in [1.82, 2.24) is 0 Å². The zero-order chi connectivity index (χ0) is 28.2. The van der Waals surface area contributed by atoms with Gasteiger partial charge in [0.15, 0.2) is 0 Å². The van der Waals surface area contributed by atoms with E-state index in [0.29, 0.717) is 7.25 Å². The summed E-state index contributed by atoms with van der Waals surface area (Å²) in [4.78, 5) is 0. The first-order valence-corrected chi connectivity index (χ1v) is 29.3. The molecule has 0 aromatic heterocycles. The molecule has 1 saturated carbocycles. The van der Waals surface area contributed by atoms with E-state index in [2.05, 4.69) is 132 Å². The van der Waals surface area contributed by atoms with Gasteiger partial charge in [-0.1, -0.05) is 0 Å². The van der Waals surface area contributed by atoms with E-state index in [1.165, 1.54) is 65.5 Å². The number of halogens is 2. The van der Waals surface area contributed by atoms with Crippen LogP contribution >= 0.6 is 24.8 Å². The monoisotopic (exact) mass is 700 g/mol. The molecule has 0 amide bonds. The van der Waals surface area contributed by atoms with Gasteiger partial charge < -0.3 is 0 Å². The molecule has 4 aromatic carbocycles. The fourth-order valence-corrected chi connectivity index (χ4v) is 29.3. The first kappa shape index (κ1) is 32.4. The SMILES string of the molecule is CC1=Cc2c(-c3ccccc3)cccc2[CH]1[Zr]([CH3])([CH3])(=[SiH2])[CH]1C(C2CCCCC2)=Cc2c(-c3ccccc3)cccc21.Cl.Cl. The van der Waals surface area contributed by atoms with Crippen molar-refractivity contribution >= 4 is 43.8 Å². The van der Waals surface area contributed by atoms with Crippen LogP contribution in [0.1, 0.15) is 68.5 Å². The maximum atomic E-state index is 2.80. The zero-order valence-electron chi connectivity index (χ0n) is 25.7. The Kier molecular flexibility index (Phi) is 9.38. The van der Waals surface area contributed by atoms with Gasteiger partial charge in [-0.05, 0) is 0 Å². The Morgan fingerprint density at radius 3 is 1.60 bits per heavy atom. The van der Waals surface area contributed by atoms with Gasteiger partial charge in [0.25, 0.3) is 0 Å². The van der Waals surface area contributed by atoms with Crippen molar-refractivity contribution in [3.63, 3.8) is 0 Å². The molecule has 3 aliphatic carbocycles. The van der Waals surface area contributed by atoms with Crippen LogP contribution in [0.2, 0.25) is 9.26 Å². The van der Waals surface area contributed by atoms with Crippen molar-refractivity contribution in [3.8, 4) is 22.3 Å². The molecule has 0 nitrogen and oxygen atoms in total. The maximum absolute atomic E-state index is 3.62. The Balaban J connectivity index is 0.00000184. The average molecular weight is 703 g/mol. The van der Waals surface area contributed by atoms with Gasteiger partial charge in [-0.3, -0.25) is 0 Å². The Bertz CT molecular complexity index is 1760. The molecule has 4 aromatic rings. The van der Waals surface area contributed by atoms with Gasteiger partial charge in [0.1, 0.15) is 0 Å². The van der Waals surface area contributed by atoms with Gasteiger partial charge in [-0.25, -0.2) is 0 Å². The fraction of sp³-hybridized carbons (Fsp3) is 0.282. The van der Waals surface area contributed by atoms with Crippen LogP contribution in [0, 0.1) is 5.92 Å². The van der Waals surface area contributed by atoms with Gasteiger partial charge in [-0.15, -0.1) is 24.8 Å². The van der Waals surface area contributed by atoms with E-state index in [-0.39, 0.29) is 24.8 Å². The third-order valence-corrected chi connectivity index (χ3v) is 28.1. The molecule has 0 heterocycles. The molecular weight excluding hydrogens is 659 g/mol. The molecule has 43 heavy (non-hydrogen) atoms. The third-order valence-electron chi connectivity index (χ3n) is 10.5. The van der Waals surface area contributed by atoms with Gasteiger partial charge in [0.05, 0.1) is 0 Å². The Labute approximate surface area is 273 Å². The van der Waals surface area contributed by atoms with Crippen LogP contribution in [0.4, 0.5) is 0 Å². The van der Waals surface area contributed by atoms with Gasteiger partial charge in [0.2, 0.25) is 0 Å². The smallest absolute Gasteiger partial charge is 0.147 e. The van der Waals surface area contributed by atoms with Crippen molar-refractivity contribution in [2.24, 2.45) is 5.92 Å². The van der Waals surface area contributed by atoms with Gasteiger partial charge >= 0.3 is 251 Å². The predicted molar refractivity (Wildman–Crippen MR) is 192 cm³/mol. The van der Waals surface area contributed by atoms with Crippen LogP contribution in [0.5, 0.6) is 0 Å². The molecule has 1 fully saturated rings. The summed E-state index contributed by atoms with van der Waals surface area (Å²) in [7, 11) is 0. The predicted octanol–water partition coefficient (Wildman–Crippen LogP) is 11.4. The van der Waals surface area contributed by atoms with E-state index < -0.39 is 17.4 Å². The Morgan fingerprint density at radius 2 is 1.07 bits per heavy atom. The van der Waals surface area contributed by atoms with E-state index in [0.717, 1.165) is 5.92 Å². The topological polar surface area (TPSA) is 0 Å². The molecule has 7 rings (SSSR count). The molecule has 0 spiro atoms. The summed E-state index contributed by atoms with van der Waals surface area (Å²) >= 11 is -3.62. The first-order valence-electron chi connectivity index (χ1n) is 15.7. The van der Waals surface area contributed by atoms with Crippen LogP contribution < -0.4 is 0 Å². The number of rotatable bonds is 5. The summed E-state index contributed by atoms with van der Waals surface area (Å²) in [6, 6.07) is 36.4. The molecular formula is C39H44Cl2SiZr.